The topological polar surface area (TPSA) is 46.9 Å². The summed E-state index contributed by atoms with van der Waals surface area (Å²) in [4.78, 5) is 12.2. The predicted octanol–water partition coefficient (Wildman–Crippen LogP) is 3.24. The average molecular weight is 311 g/mol. The fourth-order valence-electron chi connectivity index (χ4n) is 2.16. The molecule has 1 heterocycles. The van der Waals surface area contributed by atoms with Crippen LogP contribution in [0.3, 0.4) is 0 Å². The Morgan fingerprint density at radius 1 is 1.32 bits per heavy atom. The zero-order valence-electron chi connectivity index (χ0n) is 12.4. The molecule has 7 heteroatoms. The van der Waals surface area contributed by atoms with E-state index in [-0.39, 0.29) is 5.91 Å². The van der Waals surface area contributed by atoms with E-state index in [0.717, 1.165) is 12.1 Å². The van der Waals surface area contributed by atoms with Gasteiger partial charge in [-0.3, -0.25) is 9.48 Å². The lowest BCUT2D eigenvalue weighted by Crippen LogP contribution is -2.28. The van der Waals surface area contributed by atoms with E-state index in [9.17, 15) is 18.0 Å². The number of carbonyl (C=O) groups is 1. The van der Waals surface area contributed by atoms with Crippen LogP contribution in [0.2, 0.25) is 0 Å². The highest BCUT2D eigenvalue weighted by molar-refractivity contribution is 5.92. The van der Waals surface area contributed by atoms with Crippen molar-refractivity contribution in [1.82, 2.24) is 15.1 Å². The maximum Gasteiger partial charge on any atom is 0.416 e. The molecular formula is C15H16F3N3O. The molecule has 0 unspecified atom stereocenters. The molecule has 0 saturated carbocycles. The molecule has 22 heavy (non-hydrogen) atoms. The smallest absolute Gasteiger partial charge is 0.344 e. The molecule has 1 N–H and O–H groups in total. The number of halogens is 3. The van der Waals surface area contributed by atoms with Crippen molar-refractivity contribution >= 4 is 5.91 Å². The molecule has 118 valence electrons. The molecule has 0 radical (unpaired) electrons. The number of aryl methyl sites for hydroxylation is 2. The first-order valence-electron chi connectivity index (χ1n) is 6.67. The van der Waals surface area contributed by atoms with Gasteiger partial charge < -0.3 is 5.32 Å². The summed E-state index contributed by atoms with van der Waals surface area (Å²) in [6, 6.07) is 5.99. The second kappa shape index (κ2) is 5.82. The van der Waals surface area contributed by atoms with Crippen molar-refractivity contribution in [3.63, 3.8) is 0 Å². The third-order valence-electron chi connectivity index (χ3n) is 3.30. The van der Waals surface area contributed by atoms with E-state index in [1.807, 2.05) is 0 Å². The van der Waals surface area contributed by atoms with Crippen LogP contribution in [-0.2, 0) is 13.2 Å². The molecule has 4 nitrogen and oxygen atoms in total. The molecule has 2 rings (SSSR count). The highest BCUT2D eigenvalue weighted by Gasteiger charge is 2.30. The quantitative estimate of drug-likeness (QED) is 0.946. The molecule has 1 atom stereocenters. The molecule has 0 fully saturated rings. The molecule has 1 aromatic carbocycles. The highest BCUT2D eigenvalue weighted by atomic mass is 19.4. The maximum atomic E-state index is 12.7. The molecule has 0 aliphatic heterocycles. The van der Waals surface area contributed by atoms with Gasteiger partial charge in [-0.15, -0.1) is 0 Å². The number of nitrogens with zero attached hydrogens (tertiary/aromatic N) is 2. The molecule has 0 spiro atoms. The van der Waals surface area contributed by atoms with Crippen molar-refractivity contribution in [2.24, 2.45) is 7.05 Å². The number of alkyl halides is 3. The van der Waals surface area contributed by atoms with E-state index < -0.39 is 17.8 Å². The van der Waals surface area contributed by atoms with E-state index in [0.29, 0.717) is 17.0 Å². The summed E-state index contributed by atoms with van der Waals surface area (Å²) < 4.78 is 39.6. The van der Waals surface area contributed by atoms with Crippen LogP contribution in [-0.4, -0.2) is 15.7 Å². The van der Waals surface area contributed by atoms with Crippen LogP contribution in [0.25, 0.3) is 0 Å². The third-order valence-corrected chi connectivity index (χ3v) is 3.30. The number of hydrogen-bond acceptors (Lipinski definition) is 2. The van der Waals surface area contributed by atoms with Crippen LogP contribution in [0.1, 0.15) is 40.3 Å². The molecule has 1 amide bonds. The molecule has 0 saturated heterocycles. The maximum absolute atomic E-state index is 12.7. The van der Waals surface area contributed by atoms with Gasteiger partial charge in [-0.2, -0.15) is 18.3 Å². The number of nitrogens with one attached hydrogen (secondary N) is 1. The lowest BCUT2D eigenvalue weighted by Gasteiger charge is -2.16. The van der Waals surface area contributed by atoms with Gasteiger partial charge in [0.1, 0.15) is 5.69 Å². The van der Waals surface area contributed by atoms with E-state index in [1.54, 1.807) is 33.0 Å². The molecule has 0 bridgehead atoms. The van der Waals surface area contributed by atoms with E-state index in [1.165, 1.54) is 10.7 Å². The van der Waals surface area contributed by atoms with Crippen molar-refractivity contribution in [2.45, 2.75) is 26.1 Å². The second-order valence-corrected chi connectivity index (χ2v) is 5.11. The number of hydrogen-bond donors (Lipinski definition) is 1. The van der Waals surface area contributed by atoms with Gasteiger partial charge in [0.15, 0.2) is 0 Å². The first-order valence-corrected chi connectivity index (χ1v) is 6.67. The average Bonchev–Trinajstić information content (AvgIpc) is 2.77. The number of benzene rings is 1. The zero-order valence-corrected chi connectivity index (χ0v) is 12.4. The standard InChI is InChI=1S/C15H16F3N3O/c1-9-7-13(21(3)20-9)14(22)19-10(2)11-5-4-6-12(8-11)15(16,17)18/h4-8,10H,1-3H3,(H,19,22)/t10-/m1/s1. The highest BCUT2D eigenvalue weighted by Crippen LogP contribution is 2.30. The summed E-state index contributed by atoms with van der Waals surface area (Å²) in [5, 5.41) is 6.74. The third kappa shape index (κ3) is 3.47. The number of rotatable bonds is 3. The Labute approximate surface area is 125 Å². The minimum Gasteiger partial charge on any atom is -0.344 e. The Bertz CT molecular complexity index is 692. The van der Waals surface area contributed by atoms with Crippen LogP contribution >= 0.6 is 0 Å². The summed E-state index contributed by atoms with van der Waals surface area (Å²) in [7, 11) is 1.64. The molecule has 2 aromatic rings. The van der Waals surface area contributed by atoms with Crippen molar-refractivity contribution < 1.29 is 18.0 Å². The van der Waals surface area contributed by atoms with E-state index in [4.69, 9.17) is 0 Å². The minimum absolute atomic E-state index is 0.358. The minimum atomic E-state index is -4.40. The van der Waals surface area contributed by atoms with Gasteiger partial charge >= 0.3 is 6.18 Å². The Kier molecular flexibility index (Phi) is 4.25. The Morgan fingerprint density at radius 3 is 2.55 bits per heavy atom. The second-order valence-electron chi connectivity index (χ2n) is 5.11. The number of amides is 1. The SMILES string of the molecule is Cc1cc(C(=O)N[C@H](C)c2cccc(C(F)(F)F)c2)n(C)n1. The van der Waals surface area contributed by atoms with Crippen LogP contribution in [0.4, 0.5) is 13.2 Å². The summed E-state index contributed by atoms with van der Waals surface area (Å²) in [6.45, 7) is 3.39. The van der Waals surface area contributed by atoms with Gasteiger partial charge in [-0.1, -0.05) is 12.1 Å². The van der Waals surface area contributed by atoms with E-state index >= 15 is 0 Å². The Morgan fingerprint density at radius 2 is 2.00 bits per heavy atom. The number of aromatic nitrogens is 2. The molecule has 1 aromatic heterocycles. The Balaban J connectivity index is 2.17. The fraction of sp³-hybridized carbons (Fsp3) is 0.333. The summed E-state index contributed by atoms with van der Waals surface area (Å²) in [5.74, 6) is -0.381. The lowest BCUT2D eigenvalue weighted by molar-refractivity contribution is -0.137. The van der Waals surface area contributed by atoms with Crippen molar-refractivity contribution in [3.8, 4) is 0 Å². The van der Waals surface area contributed by atoms with Crippen LogP contribution in [0.15, 0.2) is 30.3 Å². The molecular weight excluding hydrogens is 295 g/mol. The van der Waals surface area contributed by atoms with Crippen molar-refractivity contribution in [3.05, 3.63) is 52.8 Å². The van der Waals surface area contributed by atoms with Gasteiger partial charge in [0.2, 0.25) is 0 Å². The van der Waals surface area contributed by atoms with Gasteiger partial charge in [-0.05, 0) is 37.6 Å². The summed E-state index contributed by atoms with van der Waals surface area (Å²) >= 11 is 0. The fourth-order valence-corrected chi connectivity index (χ4v) is 2.16. The monoisotopic (exact) mass is 311 g/mol. The van der Waals surface area contributed by atoms with Crippen LogP contribution in [0.5, 0.6) is 0 Å². The predicted molar refractivity (Wildman–Crippen MR) is 75.3 cm³/mol. The summed E-state index contributed by atoms with van der Waals surface area (Å²) in [6.07, 6.45) is -4.40. The van der Waals surface area contributed by atoms with Gasteiger partial charge in [0.05, 0.1) is 17.3 Å². The number of carbonyl (C=O) groups excluding carboxylic acids is 1. The normalized spacial score (nSPS) is 13.0. The van der Waals surface area contributed by atoms with Crippen LogP contribution < -0.4 is 5.32 Å². The largest absolute Gasteiger partial charge is 0.416 e. The lowest BCUT2D eigenvalue weighted by atomic mass is 10.0. The van der Waals surface area contributed by atoms with Gasteiger partial charge in [-0.25, -0.2) is 0 Å². The zero-order chi connectivity index (χ0) is 16.5. The molecule has 0 aliphatic rings. The summed E-state index contributed by atoms with van der Waals surface area (Å²) in [5.41, 5.74) is 0.709. The first kappa shape index (κ1) is 16.1. The first-order chi connectivity index (χ1) is 10.2. The van der Waals surface area contributed by atoms with Gasteiger partial charge in [0, 0.05) is 7.05 Å². The van der Waals surface area contributed by atoms with Crippen molar-refractivity contribution in [1.29, 1.82) is 0 Å². The Hall–Kier alpha value is -2.31. The van der Waals surface area contributed by atoms with E-state index in [2.05, 4.69) is 10.4 Å². The van der Waals surface area contributed by atoms with Crippen molar-refractivity contribution in [2.75, 3.05) is 0 Å². The van der Waals surface area contributed by atoms with Gasteiger partial charge in [0.25, 0.3) is 5.91 Å². The van der Waals surface area contributed by atoms with Crippen LogP contribution in [0, 0.1) is 6.92 Å². The molecule has 0 aliphatic carbocycles.